The summed E-state index contributed by atoms with van der Waals surface area (Å²) in [7, 11) is 1.57. The zero-order valence-corrected chi connectivity index (χ0v) is 23.5. The average molecular weight is 557 g/mol. The molecular formula is C30H32N6O3S. The molecule has 2 aromatic heterocycles. The van der Waals surface area contributed by atoms with E-state index in [1.165, 1.54) is 6.07 Å². The smallest absolute Gasteiger partial charge is 0.271 e. The monoisotopic (exact) mass is 556 g/mol. The summed E-state index contributed by atoms with van der Waals surface area (Å²) in [5.74, 6) is 0.559. The van der Waals surface area contributed by atoms with Gasteiger partial charge in [-0.25, -0.2) is 0 Å². The van der Waals surface area contributed by atoms with E-state index in [4.69, 9.17) is 17.0 Å². The molecule has 0 amide bonds. The fourth-order valence-electron chi connectivity index (χ4n) is 5.45. The van der Waals surface area contributed by atoms with Crippen molar-refractivity contribution in [2.75, 3.05) is 25.5 Å². The van der Waals surface area contributed by atoms with Crippen LogP contribution < -0.4 is 15.4 Å². The first-order chi connectivity index (χ1) is 19.4. The van der Waals surface area contributed by atoms with Crippen molar-refractivity contribution < 1.29 is 9.66 Å². The Morgan fingerprint density at radius 3 is 2.58 bits per heavy atom. The van der Waals surface area contributed by atoms with Crippen LogP contribution in [0, 0.1) is 24.0 Å². The van der Waals surface area contributed by atoms with Crippen LogP contribution in [0.25, 0.3) is 5.69 Å². The number of non-ortho nitro benzene ring substituents is 1. The summed E-state index contributed by atoms with van der Waals surface area (Å²) in [6.07, 6.45) is 2.67. The van der Waals surface area contributed by atoms with Gasteiger partial charge in [-0.15, -0.1) is 0 Å². The highest BCUT2D eigenvalue weighted by Crippen LogP contribution is 2.42. The second-order valence-corrected chi connectivity index (χ2v) is 10.1. The number of para-hydroxylation sites is 1. The number of rotatable bonds is 10. The van der Waals surface area contributed by atoms with Crippen molar-refractivity contribution in [2.24, 2.45) is 0 Å². The molecule has 2 N–H and O–H groups in total. The Bertz CT molecular complexity index is 1510. The third kappa shape index (κ3) is 5.35. The molecule has 206 valence electrons. The lowest BCUT2D eigenvalue weighted by molar-refractivity contribution is -0.384. The maximum Gasteiger partial charge on any atom is 0.271 e. The molecule has 0 aliphatic carbocycles. The first kappa shape index (κ1) is 27.1. The molecule has 2 atom stereocenters. The minimum absolute atomic E-state index is 0.00691. The standard InChI is InChI=1S/C30H32N6O3S/c1-20-18-24(21(2)35(20)26-19-23(36(37)38)13-14-27(26)39-3)29-28(25-12-7-8-15-32-25)33-30(40)34(29)17-9-16-31-22-10-5-4-6-11-22/h4-8,10-15,18-19,28-29,31H,9,16-17H2,1-3H3,(H,33,40)/t28-,29-/m1/s1. The van der Waals surface area contributed by atoms with Crippen molar-refractivity contribution in [1.29, 1.82) is 0 Å². The number of nitro benzene ring substituents is 1. The number of nitrogens with zero attached hydrogens (tertiary/aromatic N) is 4. The maximum absolute atomic E-state index is 11.6. The number of anilines is 1. The number of nitro groups is 1. The summed E-state index contributed by atoms with van der Waals surface area (Å²) < 4.78 is 7.63. The number of methoxy groups -OCH3 is 1. The van der Waals surface area contributed by atoms with Gasteiger partial charge in [0.25, 0.3) is 5.69 Å². The van der Waals surface area contributed by atoms with Gasteiger partial charge < -0.3 is 24.8 Å². The van der Waals surface area contributed by atoms with Gasteiger partial charge in [0.1, 0.15) is 5.75 Å². The molecule has 4 aromatic rings. The molecule has 0 unspecified atom stereocenters. The van der Waals surface area contributed by atoms with Crippen molar-refractivity contribution in [3.8, 4) is 11.4 Å². The van der Waals surface area contributed by atoms with Crippen LogP contribution in [0.4, 0.5) is 11.4 Å². The summed E-state index contributed by atoms with van der Waals surface area (Å²) in [5, 5.41) is 19.3. The molecule has 10 heteroatoms. The van der Waals surface area contributed by atoms with Crippen LogP contribution >= 0.6 is 12.2 Å². The molecule has 1 saturated heterocycles. The number of nitrogens with one attached hydrogen (secondary N) is 2. The predicted molar refractivity (Wildman–Crippen MR) is 160 cm³/mol. The molecule has 5 rings (SSSR count). The Morgan fingerprint density at radius 1 is 1.10 bits per heavy atom. The van der Waals surface area contributed by atoms with Crippen molar-refractivity contribution >= 4 is 28.7 Å². The highest BCUT2D eigenvalue weighted by atomic mass is 32.1. The third-order valence-electron chi connectivity index (χ3n) is 7.28. The van der Waals surface area contributed by atoms with E-state index in [0.717, 1.165) is 47.8 Å². The second-order valence-electron chi connectivity index (χ2n) is 9.74. The van der Waals surface area contributed by atoms with Gasteiger partial charge in [0.2, 0.25) is 0 Å². The lowest BCUT2D eigenvalue weighted by Crippen LogP contribution is -2.31. The number of hydrogen-bond donors (Lipinski definition) is 2. The van der Waals surface area contributed by atoms with Gasteiger partial charge in [0, 0.05) is 48.5 Å². The molecule has 0 radical (unpaired) electrons. The van der Waals surface area contributed by atoms with Crippen LogP contribution in [0.3, 0.4) is 0 Å². The summed E-state index contributed by atoms with van der Waals surface area (Å²) >= 11 is 5.86. The average Bonchev–Trinajstić information content (AvgIpc) is 3.45. The fraction of sp³-hybridized carbons (Fsp3) is 0.267. The topological polar surface area (TPSA) is 97.5 Å². The molecule has 0 spiro atoms. The van der Waals surface area contributed by atoms with Crippen LogP contribution in [0.1, 0.15) is 41.1 Å². The second kappa shape index (κ2) is 11.7. The van der Waals surface area contributed by atoms with Crippen molar-refractivity contribution in [3.63, 3.8) is 0 Å². The number of thiocarbonyl (C=S) groups is 1. The van der Waals surface area contributed by atoms with Crippen LogP contribution in [-0.4, -0.2) is 44.7 Å². The Labute approximate surface area is 239 Å². The molecule has 0 bridgehead atoms. The zero-order valence-electron chi connectivity index (χ0n) is 22.7. The van der Waals surface area contributed by atoms with E-state index in [-0.39, 0.29) is 22.7 Å². The van der Waals surface area contributed by atoms with Gasteiger partial charge in [-0.2, -0.15) is 0 Å². The van der Waals surface area contributed by atoms with Gasteiger partial charge in [-0.3, -0.25) is 15.1 Å². The van der Waals surface area contributed by atoms with Crippen LogP contribution in [0.2, 0.25) is 0 Å². The van der Waals surface area contributed by atoms with E-state index >= 15 is 0 Å². The molecule has 1 fully saturated rings. The largest absolute Gasteiger partial charge is 0.495 e. The molecule has 2 aromatic carbocycles. The molecule has 3 heterocycles. The third-order valence-corrected chi connectivity index (χ3v) is 7.63. The highest BCUT2D eigenvalue weighted by molar-refractivity contribution is 7.80. The van der Waals surface area contributed by atoms with Crippen LogP contribution in [0.15, 0.2) is 79.0 Å². The summed E-state index contributed by atoms with van der Waals surface area (Å²) in [6.45, 7) is 5.57. The van der Waals surface area contributed by atoms with E-state index in [1.807, 2.05) is 54.8 Å². The van der Waals surface area contributed by atoms with Crippen LogP contribution in [0.5, 0.6) is 5.75 Å². The number of aromatic nitrogens is 2. The number of benzene rings is 2. The van der Waals surface area contributed by atoms with Gasteiger partial charge in [0.05, 0.1) is 35.5 Å². The molecule has 1 aliphatic rings. The quantitative estimate of drug-likeness (QED) is 0.108. The molecule has 1 aliphatic heterocycles. The molecule has 40 heavy (non-hydrogen) atoms. The Morgan fingerprint density at radius 2 is 1.88 bits per heavy atom. The predicted octanol–water partition coefficient (Wildman–Crippen LogP) is 5.88. The maximum atomic E-state index is 11.6. The van der Waals surface area contributed by atoms with E-state index in [9.17, 15) is 10.1 Å². The number of pyridine rings is 1. The summed E-state index contributed by atoms with van der Waals surface area (Å²) in [4.78, 5) is 18.1. The Balaban J connectivity index is 1.51. The molecular weight excluding hydrogens is 524 g/mol. The van der Waals surface area contributed by atoms with E-state index in [1.54, 1.807) is 25.4 Å². The SMILES string of the molecule is COc1ccc([N+](=O)[O-])cc1-n1c(C)cc([C@@H]2[C@@H](c3ccccn3)NC(=S)N2CCCNc2ccccc2)c1C. The number of hydrogen-bond acceptors (Lipinski definition) is 6. The van der Waals surface area contributed by atoms with Crippen molar-refractivity contribution in [1.82, 2.24) is 19.8 Å². The van der Waals surface area contributed by atoms with E-state index in [0.29, 0.717) is 16.5 Å². The van der Waals surface area contributed by atoms with Crippen LogP contribution in [-0.2, 0) is 0 Å². The van der Waals surface area contributed by atoms with Crippen molar-refractivity contribution in [3.05, 3.63) is 112 Å². The van der Waals surface area contributed by atoms with E-state index in [2.05, 4.69) is 38.7 Å². The summed E-state index contributed by atoms with van der Waals surface area (Å²) in [6, 6.07) is 22.6. The van der Waals surface area contributed by atoms with Crippen molar-refractivity contribution in [2.45, 2.75) is 32.4 Å². The molecule has 9 nitrogen and oxygen atoms in total. The van der Waals surface area contributed by atoms with Gasteiger partial charge in [-0.05, 0) is 74.4 Å². The number of ether oxygens (including phenoxy) is 1. The first-order valence-electron chi connectivity index (χ1n) is 13.2. The fourth-order valence-corrected chi connectivity index (χ4v) is 5.78. The van der Waals surface area contributed by atoms with Gasteiger partial charge in [0.15, 0.2) is 5.11 Å². The number of aryl methyl sites for hydroxylation is 1. The zero-order chi connectivity index (χ0) is 28.2. The highest BCUT2D eigenvalue weighted by Gasteiger charge is 2.41. The first-order valence-corrected chi connectivity index (χ1v) is 13.6. The Kier molecular flexibility index (Phi) is 7.97. The lowest BCUT2D eigenvalue weighted by Gasteiger charge is -2.28. The normalized spacial score (nSPS) is 16.6. The lowest BCUT2D eigenvalue weighted by atomic mass is 9.96. The summed E-state index contributed by atoms with van der Waals surface area (Å²) in [5.41, 5.74) is 5.59. The minimum Gasteiger partial charge on any atom is -0.495 e. The van der Waals surface area contributed by atoms with E-state index < -0.39 is 0 Å². The minimum atomic E-state index is -0.389. The van der Waals surface area contributed by atoms with Gasteiger partial charge >= 0.3 is 0 Å². The molecule has 0 saturated carbocycles. The Hall–Kier alpha value is -4.44. The van der Waals surface area contributed by atoms with Gasteiger partial charge in [-0.1, -0.05) is 24.3 Å².